The molecule has 7 fully saturated rings. The van der Waals surface area contributed by atoms with E-state index in [1.165, 1.54) is 32.9 Å². The van der Waals surface area contributed by atoms with Crippen molar-refractivity contribution < 1.29 is 64.9 Å². The number of aromatic nitrogens is 2. The molecule has 21 heteroatoms. The number of fused-ring (bicyclic) bond motifs is 3. The van der Waals surface area contributed by atoms with Gasteiger partial charge < -0.3 is 34.6 Å². The summed E-state index contributed by atoms with van der Waals surface area (Å²) < 4.78 is 98.2. The minimum Gasteiger partial charge on any atom is -0.478 e. The molecule has 2 N–H and O–H groups in total. The molecule has 3 aromatic rings. The highest BCUT2D eigenvalue weighted by molar-refractivity contribution is 5.96. The molecular weight excluding hydrogens is 929 g/mol. The van der Waals surface area contributed by atoms with Gasteiger partial charge in [0.05, 0.1) is 72.4 Å². The lowest BCUT2D eigenvalue weighted by atomic mass is 9.70. The molecule has 3 atom stereocenters. The summed E-state index contributed by atoms with van der Waals surface area (Å²) in [7, 11) is 0. The van der Waals surface area contributed by atoms with Crippen LogP contribution in [0.4, 0.5) is 26.3 Å². The maximum absolute atomic E-state index is 14.9. The van der Waals surface area contributed by atoms with E-state index in [4.69, 9.17) is 14.7 Å². The van der Waals surface area contributed by atoms with Crippen LogP contribution in [0.2, 0.25) is 0 Å². The number of hydrogen-bond donors (Lipinski definition) is 2. The molecule has 6 heterocycles. The predicted octanol–water partition coefficient (Wildman–Crippen LogP) is 6.02. The van der Waals surface area contributed by atoms with Crippen molar-refractivity contribution in [1.29, 1.82) is 5.26 Å². The van der Waals surface area contributed by atoms with Gasteiger partial charge in [-0.05, 0) is 99.6 Å². The highest BCUT2D eigenvalue weighted by Gasteiger charge is 2.72. The zero-order valence-electron chi connectivity index (χ0n) is 38.4. The van der Waals surface area contributed by atoms with E-state index in [0.717, 1.165) is 48.3 Å². The van der Waals surface area contributed by atoms with Crippen molar-refractivity contribution >= 4 is 29.6 Å². The molecule has 10 rings (SSSR count). The number of rotatable bonds is 13. The van der Waals surface area contributed by atoms with Gasteiger partial charge in [0.2, 0.25) is 17.7 Å². The van der Waals surface area contributed by atoms with Crippen LogP contribution in [0.1, 0.15) is 107 Å². The number of aromatic carboxylic acids is 1. The van der Waals surface area contributed by atoms with Gasteiger partial charge in [-0.15, -0.1) is 0 Å². The third-order valence-corrected chi connectivity index (χ3v) is 15.7. The van der Waals surface area contributed by atoms with Crippen LogP contribution in [0.3, 0.4) is 0 Å². The fourth-order valence-corrected chi connectivity index (χ4v) is 11.2. The van der Waals surface area contributed by atoms with Gasteiger partial charge in [-0.1, -0.05) is 18.2 Å². The summed E-state index contributed by atoms with van der Waals surface area (Å²) in [6.45, 7) is 2.02. The molecule has 1 unspecified atom stereocenters. The van der Waals surface area contributed by atoms with Crippen molar-refractivity contribution in [1.82, 2.24) is 29.8 Å². The molecule has 1 spiro atoms. The van der Waals surface area contributed by atoms with E-state index in [9.17, 15) is 55.4 Å². The number of hydrogen-bond acceptors (Lipinski definition) is 9. The molecule has 70 heavy (non-hydrogen) atoms. The number of benzene rings is 2. The molecule has 2 aromatic carbocycles. The summed E-state index contributed by atoms with van der Waals surface area (Å²) in [6.07, 6.45) is -4.38. The molecule has 2 saturated carbocycles. The fourth-order valence-electron chi connectivity index (χ4n) is 11.2. The van der Waals surface area contributed by atoms with E-state index in [1.54, 1.807) is 31.2 Å². The zero-order valence-corrected chi connectivity index (χ0v) is 38.4. The van der Waals surface area contributed by atoms with Crippen molar-refractivity contribution in [3.63, 3.8) is 0 Å². The zero-order chi connectivity index (χ0) is 50.0. The minimum absolute atomic E-state index is 0.0797. The van der Waals surface area contributed by atoms with Crippen LogP contribution in [-0.4, -0.2) is 136 Å². The summed E-state index contributed by atoms with van der Waals surface area (Å²) in [6, 6.07) is 10.7. The third kappa shape index (κ3) is 9.36. The number of alkyl halides is 6. The summed E-state index contributed by atoms with van der Waals surface area (Å²) in [5, 5.41) is 25.8. The maximum atomic E-state index is 14.9. The van der Waals surface area contributed by atoms with E-state index >= 15 is 0 Å². The Hall–Kier alpha value is -6.01. The normalized spacial score (nSPS) is 24.7. The molecule has 5 saturated heterocycles. The Morgan fingerprint density at radius 2 is 1.60 bits per heavy atom. The smallest absolute Gasteiger partial charge is 0.417 e. The Bertz CT molecular complexity index is 2550. The van der Waals surface area contributed by atoms with Crippen LogP contribution in [0, 0.1) is 33.5 Å². The van der Waals surface area contributed by atoms with Crippen LogP contribution in [-0.2, 0) is 36.6 Å². The number of carbonyl (C=O) groups is 5. The highest BCUT2D eigenvalue weighted by atomic mass is 19.4. The number of carboxylic acids is 1. The Morgan fingerprint density at radius 1 is 0.929 bits per heavy atom. The number of carbonyl (C=O) groups excluding carboxylic acids is 4. The standard InChI is InChI=1S/C49H53F6N7O8/c1-29(69-27-45-12-8-35(9-13-45)70-28-45)39(42(65)59-16-10-32(11-17-59)33-6-7-36(43(66)67)37(18-33)48(50,51)52)58-40(63)38-23-60(24-46(38)25-61(26-46)44(68)47(14-15-47)49(53,54)55)41(64)34-20-57-62(22-34)21-31-4-2-30(19-56)3-5-31/h2-7,18,20,22,29,32,35,38-39H,8-17,21,23-28H2,1H3,(H,58,63)(H,66,67)/t29-,35?,38+,39?,45?/m1/s1. The lowest BCUT2D eigenvalue weighted by Gasteiger charge is -2.51. The van der Waals surface area contributed by atoms with Crippen LogP contribution < -0.4 is 5.32 Å². The second-order valence-electron chi connectivity index (χ2n) is 20.3. The summed E-state index contributed by atoms with van der Waals surface area (Å²) in [5.74, 6) is -6.02. The van der Waals surface area contributed by atoms with Crippen molar-refractivity contribution in [2.24, 2.45) is 22.2 Å². The van der Waals surface area contributed by atoms with E-state index in [0.29, 0.717) is 12.2 Å². The van der Waals surface area contributed by atoms with Crippen LogP contribution in [0.25, 0.3) is 0 Å². The Kier molecular flexibility index (Phi) is 12.8. The van der Waals surface area contributed by atoms with Gasteiger partial charge in [0.1, 0.15) is 11.5 Å². The summed E-state index contributed by atoms with van der Waals surface area (Å²) in [5.41, 5.74) is -4.38. The lowest BCUT2D eigenvalue weighted by Crippen LogP contribution is -2.67. The SMILES string of the molecule is C[C@@H](OCC12CCC(CC1)OC2)C(NC(=O)[C@@H]1CN(C(=O)c2cnn(Cc3ccc(C#N)cc3)c2)CC12CN(C(=O)C1(C(F)(F)F)CC1)C2)C(=O)N1CCC(c2ccc(C(=O)O)c(C(F)(F)F)c2)CC1. The first kappa shape index (κ1) is 49.0. The van der Waals surface area contributed by atoms with E-state index < -0.39 is 87.9 Å². The van der Waals surface area contributed by atoms with Gasteiger partial charge in [0.25, 0.3) is 5.91 Å². The average molecular weight is 982 g/mol. The number of likely N-dealkylation sites (tertiary alicyclic amines) is 3. The highest BCUT2D eigenvalue weighted by Crippen LogP contribution is 2.60. The molecular formula is C49H53F6N7O8. The Labute approximate surface area is 399 Å². The van der Waals surface area contributed by atoms with Gasteiger partial charge in [-0.2, -0.15) is 36.7 Å². The molecule has 2 aliphatic carbocycles. The predicted molar refractivity (Wildman–Crippen MR) is 234 cm³/mol. The minimum atomic E-state index is -4.92. The number of amides is 4. The molecule has 374 valence electrons. The van der Waals surface area contributed by atoms with E-state index in [-0.39, 0.29) is 101 Å². The van der Waals surface area contributed by atoms with E-state index in [2.05, 4.69) is 16.5 Å². The maximum Gasteiger partial charge on any atom is 0.417 e. The first-order valence-corrected chi connectivity index (χ1v) is 23.6. The Morgan fingerprint density at radius 3 is 2.19 bits per heavy atom. The fraction of sp³-hybridized carbons (Fsp3) is 0.571. The monoisotopic (exact) mass is 981 g/mol. The first-order chi connectivity index (χ1) is 33.1. The summed E-state index contributed by atoms with van der Waals surface area (Å²) in [4.78, 5) is 72.8. The first-order valence-electron chi connectivity index (χ1n) is 23.6. The molecule has 5 aliphatic heterocycles. The molecule has 15 nitrogen and oxygen atoms in total. The number of nitrogens with one attached hydrogen (secondary N) is 1. The number of piperidine rings is 1. The van der Waals surface area contributed by atoms with Crippen molar-refractivity contribution in [3.05, 3.63) is 88.2 Å². The van der Waals surface area contributed by atoms with Gasteiger partial charge >= 0.3 is 18.3 Å². The molecule has 4 amide bonds. The molecule has 1 aromatic heterocycles. The van der Waals surface area contributed by atoms with Crippen molar-refractivity contribution in [3.8, 4) is 6.07 Å². The average Bonchev–Trinajstić information content (AvgIpc) is 3.89. The number of ether oxygens (including phenoxy) is 2. The second kappa shape index (κ2) is 18.3. The lowest BCUT2D eigenvalue weighted by molar-refractivity contribution is -0.205. The molecule has 0 radical (unpaired) electrons. The van der Waals surface area contributed by atoms with Crippen LogP contribution in [0.5, 0.6) is 0 Å². The second-order valence-corrected chi connectivity index (χ2v) is 20.3. The summed E-state index contributed by atoms with van der Waals surface area (Å²) >= 11 is 0. The van der Waals surface area contributed by atoms with Gasteiger partial charge in [-0.3, -0.25) is 23.9 Å². The largest absolute Gasteiger partial charge is 0.478 e. The van der Waals surface area contributed by atoms with E-state index in [1.807, 2.05) is 0 Å². The topological polar surface area (TPSA) is 187 Å². The number of nitriles is 1. The molecule has 7 aliphatic rings. The van der Waals surface area contributed by atoms with Crippen LogP contribution in [0.15, 0.2) is 54.9 Å². The van der Waals surface area contributed by atoms with Crippen LogP contribution >= 0.6 is 0 Å². The van der Waals surface area contributed by atoms with Gasteiger partial charge in [0.15, 0.2) is 0 Å². The Balaban J connectivity index is 0.947. The van der Waals surface area contributed by atoms with Crippen molar-refractivity contribution in [2.75, 3.05) is 52.5 Å². The third-order valence-electron chi connectivity index (χ3n) is 15.7. The van der Waals surface area contributed by atoms with Gasteiger partial charge in [-0.25, -0.2) is 4.79 Å². The number of nitrogens with zero attached hydrogens (tertiary/aromatic N) is 6. The number of carboxylic acid groups (broad SMARTS) is 1. The van der Waals surface area contributed by atoms with Crippen molar-refractivity contribution in [2.45, 2.75) is 101 Å². The quantitative estimate of drug-likeness (QED) is 0.192. The van der Waals surface area contributed by atoms with Gasteiger partial charge in [0, 0.05) is 56.3 Å². The number of halogens is 6. The molecule has 2 bridgehead atoms.